The molecule has 2 atom stereocenters. The van der Waals surface area contributed by atoms with Gasteiger partial charge in [-0.15, -0.1) is 0 Å². The molecular weight excluding hydrogens is 250 g/mol. The predicted molar refractivity (Wildman–Crippen MR) is 82.4 cm³/mol. The van der Waals surface area contributed by atoms with Gasteiger partial charge in [0, 0.05) is 6.04 Å². The van der Waals surface area contributed by atoms with Gasteiger partial charge in [-0.05, 0) is 52.7 Å². The fourth-order valence-electron chi connectivity index (χ4n) is 3.67. The van der Waals surface area contributed by atoms with Gasteiger partial charge in [-0.1, -0.05) is 26.7 Å². The maximum Gasteiger partial charge on any atom is 0.244 e. The highest BCUT2D eigenvalue weighted by Crippen LogP contribution is 2.38. The molecule has 1 amide bonds. The van der Waals surface area contributed by atoms with Crippen LogP contribution < -0.4 is 5.32 Å². The highest BCUT2D eigenvalue weighted by molar-refractivity contribution is 5.89. The Hall–Kier alpha value is -0.610. The van der Waals surface area contributed by atoms with Crippen molar-refractivity contribution >= 4 is 5.91 Å². The van der Waals surface area contributed by atoms with E-state index in [9.17, 15) is 4.79 Å². The molecule has 4 nitrogen and oxygen atoms in total. The number of carbonyl (C=O) groups is 1. The molecule has 0 aromatic carbocycles. The summed E-state index contributed by atoms with van der Waals surface area (Å²) < 4.78 is 0. The lowest BCUT2D eigenvalue weighted by atomic mass is 9.97. The summed E-state index contributed by atoms with van der Waals surface area (Å²) in [7, 11) is 4.18. The standard InChI is InChI=1S/C16H31N3O/c1-12(2)14-17-16(9-6-7-10-16)15(20)19(14)13(3)8-11-18(4)5/h12-14,17H,6-11H2,1-5H3. The lowest BCUT2D eigenvalue weighted by Gasteiger charge is -2.33. The second-order valence-electron chi connectivity index (χ2n) is 7.28. The maximum atomic E-state index is 13.0. The summed E-state index contributed by atoms with van der Waals surface area (Å²) in [5, 5.41) is 3.70. The van der Waals surface area contributed by atoms with Crippen molar-refractivity contribution in [2.24, 2.45) is 5.92 Å². The quantitative estimate of drug-likeness (QED) is 0.838. The van der Waals surface area contributed by atoms with E-state index in [1.807, 2.05) is 0 Å². The van der Waals surface area contributed by atoms with Gasteiger partial charge in [0.25, 0.3) is 0 Å². The Morgan fingerprint density at radius 2 is 1.90 bits per heavy atom. The Labute approximate surface area is 123 Å². The van der Waals surface area contributed by atoms with E-state index in [2.05, 4.69) is 50.0 Å². The summed E-state index contributed by atoms with van der Waals surface area (Å²) in [6.45, 7) is 7.66. The van der Waals surface area contributed by atoms with Crippen molar-refractivity contribution in [2.45, 2.75) is 70.6 Å². The van der Waals surface area contributed by atoms with Crippen LogP contribution in [0.1, 0.15) is 52.9 Å². The smallest absolute Gasteiger partial charge is 0.244 e. The molecular formula is C16H31N3O. The second-order valence-corrected chi connectivity index (χ2v) is 7.28. The molecule has 1 N–H and O–H groups in total. The van der Waals surface area contributed by atoms with Crippen LogP contribution in [0.3, 0.4) is 0 Å². The third kappa shape index (κ3) is 2.86. The van der Waals surface area contributed by atoms with Gasteiger partial charge in [0.15, 0.2) is 0 Å². The fourth-order valence-corrected chi connectivity index (χ4v) is 3.67. The lowest BCUT2D eigenvalue weighted by Crippen LogP contribution is -2.47. The van der Waals surface area contributed by atoms with Crippen molar-refractivity contribution in [1.82, 2.24) is 15.1 Å². The largest absolute Gasteiger partial charge is 0.323 e. The number of carbonyl (C=O) groups excluding carboxylic acids is 1. The Morgan fingerprint density at radius 1 is 1.30 bits per heavy atom. The summed E-state index contributed by atoms with van der Waals surface area (Å²) in [5.41, 5.74) is -0.235. The van der Waals surface area contributed by atoms with Crippen LogP contribution in [0, 0.1) is 5.92 Å². The molecule has 4 heteroatoms. The number of nitrogens with one attached hydrogen (secondary N) is 1. The zero-order valence-electron chi connectivity index (χ0n) is 13.8. The first-order valence-electron chi connectivity index (χ1n) is 8.12. The summed E-state index contributed by atoms with van der Waals surface area (Å²) in [6.07, 6.45) is 5.66. The van der Waals surface area contributed by atoms with Crippen molar-refractivity contribution in [1.29, 1.82) is 0 Å². The first-order chi connectivity index (χ1) is 9.37. The fraction of sp³-hybridized carbons (Fsp3) is 0.938. The van der Waals surface area contributed by atoms with E-state index < -0.39 is 0 Å². The van der Waals surface area contributed by atoms with Crippen LogP contribution in [0.2, 0.25) is 0 Å². The molecule has 1 aliphatic heterocycles. The minimum atomic E-state index is -0.235. The summed E-state index contributed by atoms with van der Waals surface area (Å²) in [6, 6.07) is 0.310. The van der Waals surface area contributed by atoms with Crippen LogP contribution in [-0.4, -0.2) is 54.1 Å². The molecule has 116 valence electrons. The van der Waals surface area contributed by atoms with Crippen molar-refractivity contribution < 1.29 is 4.79 Å². The molecule has 0 aromatic heterocycles. The van der Waals surface area contributed by atoms with Gasteiger partial charge in [-0.25, -0.2) is 0 Å². The van der Waals surface area contributed by atoms with E-state index in [0.717, 1.165) is 25.8 Å². The average Bonchev–Trinajstić information content (AvgIpc) is 2.95. The molecule has 20 heavy (non-hydrogen) atoms. The number of amides is 1. The molecule has 1 spiro atoms. The third-order valence-corrected chi connectivity index (χ3v) is 4.93. The van der Waals surface area contributed by atoms with E-state index in [1.165, 1.54) is 12.8 Å². The zero-order valence-corrected chi connectivity index (χ0v) is 13.8. The first-order valence-corrected chi connectivity index (χ1v) is 8.12. The Bertz CT molecular complexity index is 348. The van der Waals surface area contributed by atoms with Crippen LogP contribution in [-0.2, 0) is 4.79 Å². The van der Waals surface area contributed by atoms with E-state index >= 15 is 0 Å². The number of hydrogen-bond acceptors (Lipinski definition) is 3. The first kappa shape index (κ1) is 15.8. The number of rotatable bonds is 5. The van der Waals surface area contributed by atoms with Crippen LogP contribution in [0.4, 0.5) is 0 Å². The normalized spacial score (nSPS) is 27.2. The summed E-state index contributed by atoms with van der Waals surface area (Å²) in [4.78, 5) is 17.3. The molecule has 0 aromatic rings. The average molecular weight is 281 g/mol. The Morgan fingerprint density at radius 3 is 2.40 bits per heavy atom. The highest BCUT2D eigenvalue weighted by Gasteiger charge is 2.53. The van der Waals surface area contributed by atoms with Gasteiger partial charge < -0.3 is 9.80 Å². The van der Waals surface area contributed by atoms with Crippen LogP contribution in [0.5, 0.6) is 0 Å². The molecule has 2 rings (SSSR count). The predicted octanol–water partition coefficient (Wildman–Crippen LogP) is 2.05. The van der Waals surface area contributed by atoms with Crippen molar-refractivity contribution in [2.75, 3.05) is 20.6 Å². The highest BCUT2D eigenvalue weighted by atomic mass is 16.2. The van der Waals surface area contributed by atoms with Gasteiger partial charge in [-0.2, -0.15) is 0 Å². The van der Waals surface area contributed by atoms with Crippen molar-refractivity contribution in [3.63, 3.8) is 0 Å². The molecule has 1 saturated heterocycles. The van der Waals surface area contributed by atoms with Gasteiger partial charge in [-0.3, -0.25) is 10.1 Å². The van der Waals surface area contributed by atoms with E-state index in [4.69, 9.17) is 0 Å². The molecule has 2 unspecified atom stereocenters. The Kier molecular flexibility index (Phi) is 4.75. The van der Waals surface area contributed by atoms with Crippen molar-refractivity contribution in [3.8, 4) is 0 Å². The van der Waals surface area contributed by atoms with Crippen LogP contribution in [0.15, 0.2) is 0 Å². The monoisotopic (exact) mass is 281 g/mol. The van der Waals surface area contributed by atoms with Gasteiger partial charge >= 0.3 is 0 Å². The summed E-state index contributed by atoms with van der Waals surface area (Å²) >= 11 is 0. The van der Waals surface area contributed by atoms with Gasteiger partial charge in [0.2, 0.25) is 5.91 Å². The summed E-state index contributed by atoms with van der Waals surface area (Å²) in [5.74, 6) is 0.820. The molecule has 0 radical (unpaired) electrons. The molecule has 1 saturated carbocycles. The minimum absolute atomic E-state index is 0.206. The molecule has 1 heterocycles. The number of hydrogen-bond donors (Lipinski definition) is 1. The second kappa shape index (κ2) is 6.02. The molecule has 2 aliphatic rings. The van der Waals surface area contributed by atoms with Gasteiger partial charge in [0.1, 0.15) is 0 Å². The minimum Gasteiger partial charge on any atom is -0.323 e. The van der Waals surface area contributed by atoms with Gasteiger partial charge in [0.05, 0.1) is 11.7 Å². The molecule has 1 aliphatic carbocycles. The maximum absolute atomic E-state index is 13.0. The van der Waals surface area contributed by atoms with E-state index in [-0.39, 0.29) is 11.7 Å². The van der Waals surface area contributed by atoms with Crippen LogP contribution in [0.25, 0.3) is 0 Å². The van der Waals surface area contributed by atoms with Crippen LogP contribution >= 0.6 is 0 Å². The van der Waals surface area contributed by atoms with E-state index in [1.54, 1.807) is 0 Å². The van der Waals surface area contributed by atoms with E-state index in [0.29, 0.717) is 17.9 Å². The topological polar surface area (TPSA) is 35.6 Å². The Balaban J connectivity index is 2.13. The lowest BCUT2D eigenvalue weighted by molar-refractivity contribution is -0.135. The SMILES string of the molecule is CC(C)C1NC2(CCCC2)C(=O)N1C(C)CCN(C)C. The molecule has 0 bridgehead atoms. The third-order valence-electron chi connectivity index (χ3n) is 4.93. The molecule has 2 fully saturated rings. The number of nitrogens with zero attached hydrogens (tertiary/aromatic N) is 2. The zero-order chi connectivity index (χ0) is 14.9. The van der Waals surface area contributed by atoms with Crippen molar-refractivity contribution in [3.05, 3.63) is 0 Å².